The Morgan fingerprint density at radius 3 is 2.57 bits per heavy atom. The van der Waals surface area contributed by atoms with E-state index in [0.717, 1.165) is 25.9 Å². The molecule has 1 heterocycles. The highest BCUT2D eigenvalue weighted by Crippen LogP contribution is 2.32. The first-order valence-corrected chi connectivity index (χ1v) is 9.40. The molecule has 122 valence electrons. The van der Waals surface area contributed by atoms with E-state index in [-0.39, 0.29) is 18.4 Å². The zero-order chi connectivity index (χ0) is 17.0. The summed E-state index contributed by atoms with van der Waals surface area (Å²) in [5, 5.41) is 2.87. The molecule has 1 aromatic carbocycles. The van der Waals surface area contributed by atoms with Crippen LogP contribution in [0.3, 0.4) is 0 Å². The number of hydrogen-bond donors (Lipinski definition) is 1. The van der Waals surface area contributed by atoms with Gasteiger partial charge >= 0.3 is 0 Å². The summed E-state index contributed by atoms with van der Waals surface area (Å²) in [6.45, 7) is 2.04. The Hall–Kier alpha value is -1.18. The number of para-hydroxylation sites is 1. The van der Waals surface area contributed by atoms with Crippen LogP contribution in [0, 0.1) is 0 Å². The molecule has 2 aromatic rings. The quantitative estimate of drug-likeness (QED) is 0.713. The van der Waals surface area contributed by atoms with Gasteiger partial charge in [-0.3, -0.25) is 9.59 Å². The Balaban J connectivity index is 2.00. The zero-order valence-corrected chi connectivity index (χ0v) is 16.7. The van der Waals surface area contributed by atoms with Crippen LogP contribution < -0.4 is 5.32 Å². The maximum absolute atomic E-state index is 12.3. The lowest BCUT2D eigenvalue weighted by atomic mass is 10.1. The van der Waals surface area contributed by atoms with Crippen molar-refractivity contribution in [1.82, 2.24) is 4.90 Å². The average Bonchev–Trinajstić information content (AvgIpc) is 2.86. The SMILES string of the molecule is CCc1ccccc1NC(=O)CN(C)C(=O)c1cc(Br)c(Br)s1. The predicted molar refractivity (Wildman–Crippen MR) is 101 cm³/mol. The number of halogens is 2. The molecule has 0 saturated carbocycles. The van der Waals surface area contributed by atoms with Gasteiger partial charge in [-0.15, -0.1) is 11.3 Å². The van der Waals surface area contributed by atoms with Crippen LogP contribution in [0.5, 0.6) is 0 Å². The van der Waals surface area contributed by atoms with E-state index in [9.17, 15) is 9.59 Å². The molecule has 0 unspecified atom stereocenters. The Labute approximate surface area is 156 Å². The van der Waals surface area contributed by atoms with Crippen LogP contribution in [0.1, 0.15) is 22.2 Å². The largest absolute Gasteiger partial charge is 0.332 e. The van der Waals surface area contributed by atoms with Gasteiger partial charge in [0.05, 0.1) is 15.2 Å². The topological polar surface area (TPSA) is 49.4 Å². The Bertz CT molecular complexity index is 711. The number of aryl methyl sites for hydroxylation is 1. The number of anilines is 1. The van der Waals surface area contributed by atoms with Gasteiger partial charge in [-0.05, 0) is 56.0 Å². The highest BCUT2D eigenvalue weighted by atomic mass is 79.9. The lowest BCUT2D eigenvalue weighted by molar-refractivity contribution is -0.116. The molecular formula is C16H16Br2N2O2S. The first-order chi connectivity index (χ1) is 10.9. The molecule has 0 aliphatic rings. The van der Waals surface area contributed by atoms with Crippen LogP contribution in [-0.4, -0.2) is 30.3 Å². The first-order valence-electron chi connectivity index (χ1n) is 7.00. The number of hydrogen-bond acceptors (Lipinski definition) is 3. The lowest BCUT2D eigenvalue weighted by Gasteiger charge is -2.16. The number of nitrogens with zero attached hydrogens (tertiary/aromatic N) is 1. The summed E-state index contributed by atoms with van der Waals surface area (Å²) in [5.41, 5.74) is 1.86. The third-order valence-electron chi connectivity index (χ3n) is 3.26. The van der Waals surface area contributed by atoms with Crippen LogP contribution in [0.4, 0.5) is 5.69 Å². The van der Waals surface area contributed by atoms with Gasteiger partial charge in [0.25, 0.3) is 5.91 Å². The molecule has 0 bridgehead atoms. The molecule has 0 atom stereocenters. The number of benzene rings is 1. The highest BCUT2D eigenvalue weighted by Gasteiger charge is 2.18. The van der Waals surface area contributed by atoms with Crippen LogP contribution in [0.25, 0.3) is 0 Å². The molecule has 4 nitrogen and oxygen atoms in total. The predicted octanol–water partition coefficient (Wildman–Crippen LogP) is 4.55. The number of thiophene rings is 1. The molecule has 2 rings (SSSR count). The van der Waals surface area contributed by atoms with Crippen molar-refractivity contribution in [2.24, 2.45) is 0 Å². The van der Waals surface area contributed by atoms with Crippen LogP contribution >= 0.6 is 43.2 Å². The van der Waals surface area contributed by atoms with Gasteiger partial charge in [-0.2, -0.15) is 0 Å². The summed E-state index contributed by atoms with van der Waals surface area (Å²) in [7, 11) is 1.62. The molecule has 0 aliphatic carbocycles. The molecule has 1 N–H and O–H groups in total. The second kappa shape index (κ2) is 8.08. The third kappa shape index (κ3) is 4.65. The molecule has 7 heteroatoms. The van der Waals surface area contributed by atoms with Crippen LogP contribution in [0.2, 0.25) is 0 Å². The van der Waals surface area contributed by atoms with Crippen molar-refractivity contribution < 1.29 is 9.59 Å². The summed E-state index contributed by atoms with van der Waals surface area (Å²) >= 11 is 8.06. The normalized spacial score (nSPS) is 10.4. The second-order valence-electron chi connectivity index (χ2n) is 4.95. The number of rotatable bonds is 5. The molecule has 0 aliphatic heterocycles. The minimum atomic E-state index is -0.212. The smallest absolute Gasteiger partial charge is 0.264 e. The van der Waals surface area contributed by atoms with Gasteiger partial charge in [0.15, 0.2) is 0 Å². The monoisotopic (exact) mass is 458 g/mol. The molecule has 0 spiro atoms. The summed E-state index contributed by atoms with van der Waals surface area (Å²) in [6, 6.07) is 9.41. The minimum absolute atomic E-state index is 0.00399. The summed E-state index contributed by atoms with van der Waals surface area (Å²) in [5.74, 6) is -0.392. The van der Waals surface area contributed by atoms with E-state index in [1.165, 1.54) is 16.2 Å². The van der Waals surface area contributed by atoms with Gasteiger partial charge in [-0.25, -0.2) is 0 Å². The van der Waals surface area contributed by atoms with E-state index in [0.29, 0.717) is 4.88 Å². The number of nitrogens with one attached hydrogen (secondary N) is 1. The van der Waals surface area contributed by atoms with Crippen LogP contribution in [0.15, 0.2) is 38.6 Å². The maximum Gasteiger partial charge on any atom is 0.264 e. The highest BCUT2D eigenvalue weighted by molar-refractivity contribution is 9.13. The Morgan fingerprint density at radius 1 is 1.26 bits per heavy atom. The van der Waals surface area contributed by atoms with E-state index in [1.54, 1.807) is 13.1 Å². The zero-order valence-electron chi connectivity index (χ0n) is 12.7. The Kier molecular flexibility index (Phi) is 6.38. The molecule has 0 saturated heterocycles. The summed E-state index contributed by atoms with van der Waals surface area (Å²) in [4.78, 5) is 26.5. The van der Waals surface area contributed by atoms with Crippen LogP contribution in [-0.2, 0) is 11.2 Å². The van der Waals surface area contributed by atoms with Crippen molar-refractivity contribution in [3.05, 3.63) is 49.0 Å². The molecule has 23 heavy (non-hydrogen) atoms. The van der Waals surface area contributed by atoms with Crippen molar-refractivity contribution in [3.63, 3.8) is 0 Å². The maximum atomic E-state index is 12.3. The van der Waals surface area contributed by atoms with Gasteiger partial charge < -0.3 is 10.2 Å². The fraction of sp³-hybridized carbons (Fsp3) is 0.250. The second-order valence-corrected chi connectivity index (χ2v) is 8.18. The third-order valence-corrected chi connectivity index (χ3v) is 6.50. The van der Waals surface area contributed by atoms with Crippen molar-refractivity contribution in [3.8, 4) is 0 Å². The average molecular weight is 460 g/mol. The fourth-order valence-electron chi connectivity index (χ4n) is 2.07. The van der Waals surface area contributed by atoms with Crippen molar-refractivity contribution in [2.45, 2.75) is 13.3 Å². The molecule has 2 amide bonds. The minimum Gasteiger partial charge on any atom is -0.332 e. The number of amides is 2. The van der Waals surface area contributed by atoms with E-state index in [4.69, 9.17) is 0 Å². The molecule has 0 fully saturated rings. The first kappa shape index (κ1) is 18.2. The van der Waals surface area contributed by atoms with Crippen molar-refractivity contribution in [2.75, 3.05) is 18.9 Å². The number of carbonyl (C=O) groups excluding carboxylic acids is 2. The van der Waals surface area contributed by atoms with Gasteiger partial charge in [0.2, 0.25) is 5.91 Å². The van der Waals surface area contributed by atoms with E-state index >= 15 is 0 Å². The number of carbonyl (C=O) groups is 2. The fourth-order valence-corrected chi connectivity index (χ4v) is 4.10. The molecular weight excluding hydrogens is 444 g/mol. The summed E-state index contributed by atoms with van der Waals surface area (Å²) < 4.78 is 1.69. The Morgan fingerprint density at radius 2 is 1.96 bits per heavy atom. The van der Waals surface area contributed by atoms with Gasteiger partial charge in [0.1, 0.15) is 0 Å². The van der Waals surface area contributed by atoms with Crippen molar-refractivity contribution >= 4 is 60.7 Å². The standard InChI is InChI=1S/C16H16Br2N2O2S/c1-3-10-6-4-5-7-12(10)19-14(21)9-20(2)16(22)13-8-11(17)15(18)23-13/h4-8H,3,9H2,1-2H3,(H,19,21). The number of likely N-dealkylation sites (N-methyl/N-ethyl adjacent to an activating group) is 1. The molecule has 0 radical (unpaired) electrons. The van der Waals surface area contributed by atoms with Crippen molar-refractivity contribution in [1.29, 1.82) is 0 Å². The van der Waals surface area contributed by atoms with Gasteiger partial charge in [0, 0.05) is 17.2 Å². The lowest BCUT2D eigenvalue weighted by Crippen LogP contribution is -2.34. The van der Waals surface area contributed by atoms with E-state index in [1.807, 2.05) is 31.2 Å². The van der Waals surface area contributed by atoms with Gasteiger partial charge in [-0.1, -0.05) is 25.1 Å². The van der Waals surface area contributed by atoms with E-state index < -0.39 is 0 Å². The molecule has 1 aromatic heterocycles. The summed E-state index contributed by atoms with van der Waals surface area (Å²) in [6.07, 6.45) is 0.836. The van der Waals surface area contributed by atoms with E-state index in [2.05, 4.69) is 37.2 Å².